The molecule has 3 unspecified atom stereocenters. The zero-order valence-electron chi connectivity index (χ0n) is 9.83. The van der Waals surface area contributed by atoms with Gasteiger partial charge in [0.2, 0.25) is 5.91 Å². The van der Waals surface area contributed by atoms with Crippen molar-refractivity contribution in [1.29, 1.82) is 0 Å². The van der Waals surface area contributed by atoms with Gasteiger partial charge in [0, 0.05) is 12.5 Å². The minimum absolute atomic E-state index is 0.0206. The van der Waals surface area contributed by atoms with E-state index in [0.29, 0.717) is 12.3 Å². The lowest BCUT2D eigenvalue weighted by Gasteiger charge is -2.26. The van der Waals surface area contributed by atoms with Crippen LogP contribution in [0.1, 0.15) is 46.0 Å². The molecule has 1 aliphatic rings. The Morgan fingerprint density at radius 3 is 2.87 bits per heavy atom. The third kappa shape index (κ3) is 4.65. The highest BCUT2D eigenvalue weighted by molar-refractivity contribution is 5.76. The molecule has 0 aliphatic heterocycles. The second kappa shape index (κ2) is 6.11. The van der Waals surface area contributed by atoms with Crippen LogP contribution in [0.25, 0.3) is 0 Å². The van der Waals surface area contributed by atoms with Gasteiger partial charge in [-0.25, -0.2) is 0 Å². The van der Waals surface area contributed by atoms with Crippen molar-refractivity contribution >= 4 is 5.91 Å². The summed E-state index contributed by atoms with van der Waals surface area (Å²) in [6, 6.07) is -0.112. The molecule has 3 atom stereocenters. The van der Waals surface area contributed by atoms with E-state index in [9.17, 15) is 4.79 Å². The van der Waals surface area contributed by atoms with Gasteiger partial charge in [-0.1, -0.05) is 19.8 Å². The number of hydrogen-bond donors (Lipinski definition) is 2. The summed E-state index contributed by atoms with van der Waals surface area (Å²) in [6.07, 6.45) is 5.57. The van der Waals surface area contributed by atoms with Crippen molar-refractivity contribution in [3.63, 3.8) is 0 Å². The molecule has 88 valence electrons. The zero-order valence-corrected chi connectivity index (χ0v) is 9.83. The molecule has 0 heterocycles. The van der Waals surface area contributed by atoms with Crippen molar-refractivity contribution in [1.82, 2.24) is 5.32 Å². The number of aliphatic hydroxyl groups is 1. The molecule has 0 spiro atoms. The Bertz CT molecular complexity index is 206. The average molecular weight is 213 g/mol. The molecule has 0 saturated heterocycles. The van der Waals surface area contributed by atoms with Gasteiger partial charge < -0.3 is 10.4 Å². The summed E-state index contributed by atoms with van der Waals surface area (Å²) >= 11 is 0. The fraction of sp³-hybridized carbons (Fsp3) is 0.917. The smallest absolute Gasteiger partial charge is 0.220 e. The molecular weight excluding hydrogens is 190 g/mol. The lowest BCUT2D eigenvalue weighted by atomic mass is 9.81. The number of carbonyl (C=O) groups is 1. The molecule has 1 aliphatic carbocycles. The van der Waals surface area contributed by atoms with Crippen LogP contribution < -0.4 is 5.32 Å². The summed E-state index contributed by atoms with van der Waals surface area (Å²) in [4.78, 5) is 11.6. The van der Waals surface area contributed by atoms with Crippen molar-refractivity contribution in [3.05, 3.63) is 0 Å². The number of amides is 1. The van der Waals surface area contributed by atoms with Gasteiger partial charge in [0.15, 0.2) is 0 Å². The van der Waals surface area contributed by atoms with E-state index in [1.807, 2.05) is 6.92 Å². The van der Waals surface area contributed by atoms with Crippen molar-refractivity contribution in [2.45, 2.75) is 52.0 Å². The Balaban J connectivity index is 2.24. The number of hydrogen-bond acceptors (Lipinski definition) is 2. The first-order chi connectivity index (χ1) is 7.11. The number of aliphatic hydroxyl groups excluding tert-OH is 1. The third-order valence-corrected chi connectivity index (χ3v) is 3.20. The summed E-state index contributed by atoms with van der Waals surface area (Å²) in [5.41, 5.74) is 0. The molecule has 0 aromatic heterocycles. The highest BCUT2D eigenvalue weighted by atomic mass is 16.3. The van der Waals surface area contributed by atoms with Gasteiger partial charge in [-0.2, -0.15) is 0 Å². The predicted molar refractivity (Wildman–Crippen MR) is 60.4 cm³/mol. The van der Waals surface area contributed by atoms with Crippen LogP contribution in [-0.2, 0) is 4.79 Å². The quantitative estimate of drug-likeness (QED) is 0.746. The van der Waals surface area contributed by atoms with Gasteiger partial charge in [-0.3, -0.25) is 4.79 Å². The molecule has 0 aromatic rings. The molecule has 1 amide bonds. The lowest BCUT2D eigenvalue weighted by molar-refractivity contribution is -0.123. The van der Waals surface area contributed by atoms with Crippen molar-refractivity contribution in [2.75, 3.05) is 6.61 Å². The third-order valence-electron chi connectivity index (χ3n) is 3.20. The minimum Gasteiger partial charge on any atom is -0.394 e. The summed E-state index contributed by atoms with van der Waals surface area (Å²) in [6.45, 7) is 4.11. The Labute approximate surface area is 92.3 Å². The SMILES string of the molecule is CC1CCCC(CC(=O)NC(C)CO)C1. The van der Waals surface area contributed by atoms with Crippen LogP contribution in [-0.4, -0.2) is 23.7 Å². The molecule has 2 N–H and O–H groups in total. The minimum atomic E-state index is -0.112. The van der Waals surface area contributed by atoms with Crippen LogP contribution in [0.4, 0.5) is 0 Å². The first kappa shape index (κ1) is 12.5. The van der Waals surface area contributed by atoms with E-state index in [1.165, 1.54) is 25.7 Å². The highest BCUT2D eigenvalue weighted by Crippen LogP contribution is 2.30. The topological polar surface area (TPSA) is 49.3 Å². The van der Waals surface area contributed by atoms with Gasteiger partial charge in [0.1, 0.15) is 0 Å². The zero-order chi connectivity index (χ0) is 11.3. The molecule has 3 heteroatoms. The Morgan fingerprint density at radius 1 is 1.53 bits per heavy atom. The van der Waals surface area contributed by atoms with Gasteiger partial charge >= 0.3 is 0 Å². The number of carbonyl (C=O) groups excluding carboxylic acids is 1. The summed E-state index contributed by atoms with van der Waals surface area (Å²) < 4.78 is 0. The standard InChI is InChI=1S/C12H23NO2/c1-9-4-3-5-11(6-9)7-12(15)13-10(2)8-14/h9-11,14H,3-8H2,1-2H3,(H,13,15). The maximum atomic E-state index is 11.6. The van der Waals surface area contributed by atoms with Crippen LogP contribution >= 0.6 is 0 Å². The molecule has 1 saturated carbocycles. The first-order valence-corrected chi connectivity index (χ1v) is 6.02. The van der Waals surface area contributed by atoms with E-state index in [0.717, 1.165) is 5.92 Å². The van der Waals surface area contributed by atoms with Crippen molar-refractivity contribution in [2.24, 2.45) is 11.8 Å². The van der Waals surface area contributed by atoms with Crippen LogP contribution in [0.3, 0.4) is 0 Å². The normalized spacial score (nSPS) is 28.5. The van der Waals surface area contributed by atoms with Gasteiger partial charge in [-0.15, -0.1) is 0 Å². The maximum absolute atomic E-state index is 11.6. The number of rotatable bonds is 4. The molecule has 0 radical (unpaired) electrons. The van der Waals surface area contributed by atoms with E-state index in [2.05, 4.69) is 12.2 Å². The molecule has 1 fully saturated rings. The van der Waals surface area contributed by atoms with Crippen LogP contribution in [0.5, 0.6) is 0 Å². The summed E-state index contributed by atoms with van der Waals surface area (Å²) in [5.74, 6) is 1.42. The Hall–Kier alpha value is -0.570. The Morgan fingerprint density at radius 2 is 2.27 bits per heavy atom. The number of nitrogens with one attached hydrogen (secondary N) is 1. The average Bonchev–Trinajstić information content (AvgIpc) is 2.17. The lowest BCUT2D eigenvalue weighted by Crippen LogP contribution is -2.36. The fourth-order valence-corrected chi connectivity index (χ4v) is 2.39. The Kier molecular flexibility index (Phi) is 5.09. The molecule has 1 rings (SSSR count). The highest BCUT2D eigenvalue weighted by Gasteiger charge is 2.21. The van der Waals surface area contributed by atoms with E-state index in [4.69, 9.17) is 5.11 Å². The molecule has 0 aromatic carbocycles. The first-order valence-electron chi connectivity index (χ1n) is 6.02. The van der Waals surface area contributed by atoms with Crippen LogP contribution in [0, 0.1) is 11.8 Å². The van der Waals surface area contributed by atoms with Crippen molar-refractivity contribution < 1.29 is 9.90 Å². The largest absolute Gasteiger partial charge is 0.394 e. The monoisotopic (exact) mass is 213 g/mol. The summed E-state index contributed by atoms with van der Waals surface area (Å²) in [7, 11) is 0. The van der Waals surface area contributed by atoms with E-state index < -0.39 is 0 Å². The second-order valence-corrected chi connectivity index (χ2v) is 4.99. The predicted octanol–water partition coefficient (Wildman–Crippen LogP) is 1.70. The summed E-state index contributed by atoms with van der Waals surface area (Å²) in [5, 5.41) is 11.6. The maximum Gasteiger partial charge on any atom is 0.220 e. The van der Waals surface area contributed by atoms with E-state index in [-0.39, 0.29) is 18.6 Å². The van der Waals surface area contributed by atoms with Gasteiger partial charge in [0.25, 0.3) is 0 Å². The molecule has 0 bridgehead atoms. The van der Waals surface area contributed by atoms with E-state index >= 15 is 0 Å². The van der Waals surface area contributed by atoms with Crippen LogP contribution in [0.2, 0.25) is 0 Å². The van der Waals surface area contributed by atoms with Crippen molar-refractivity contribution in [3.8, 4) is 0 Å². The molecule has 15 heavy (non-hydrogen) atoms. The second-order valence-electron chi connectivity index (χ2n) is 4.99. The van der Waals surface area contributed by atoms with Crippen LogP contribution in [0.15, 0.2) is 0 Å². The molecule has 3 nitrogen and oxygen atoms in total. The fourth-order valence-electron chi connectivity index (χ4n) is 2.39. The van der Waals surface area contributed by atoms with Gasteiger partial charge in [-0.05, 0) is 31.6 Å². The molecular formula is C12H23NO2. The van der Waals surface area contributed by atoms with E-state index in [1.54, 1.807) is 0 Å². The van der Waals surface area contributed by atoms with Gasteiger partial charge in [0.05, 0.1) is 6.61 Å².